The van der Waals surface area contributed by atoms with Crippen molar-refractivity contribution in [2.45, 2.75) is 32.9 Å². The SMILES string of the molecule is CC[C@@H](C)NC(=O)c1cccc(CNC(=O)c2ccco2)c1. The van der Waals surface area contributed by atoms with E-state index in [9.17, 15) is 9.59 Å². The summed E-state index contributed by atoms with van der Waals surface area (Å²) in [4.78, 5) is 23.9. The number of carbonyl (C=O) groups is 2. The number of nitrogens with one attached hydrogen (secondary N) is 2. The number of carbonyl (C=O) groups excluding carboxylic acids is 2. The first-order valence-corrected chi connectivity index (χ1v) is 7.31. The molecular formula is C17H20N2O3. The Kier molecular flexibility index (Phi) is 5.36. The summed E-state index contributed by atoms with van der Waals surface area (Å²) in [5, 5.41) is 5.67. The first-order valence-electron chi connectivity index (χ1n) is 7.31. The summed E-state index contributed by atoms with van der Waals surface area (Å²) in [6.45, 7) is 4.32. The fraction of sp³-hybridized carbons (Fsp3) is 0.294. The Labute approximate surface area is 129 Å². The van der Waals surface area contributed by atoms with E-state index in [2.05, 4.69) is 10.6 Å². The van der Waals surface area contributed by atoms with Gasteiger partial charge in [-0.05, 0) is 43.2 Å². The van der Waals surface area contributed by atoms with Crippen LogP contribution in [-0.4, -0.2) is 17.9 Å². The third-order valence-corrected chi connectivity index (χ3v) is 3.38. The van der Waals surface area contributed by atoms with Gasteiger partial charge in [0.05, 0.1) is 6.26 Å². The number of hydrogen-bond donors (Lipinski definition) is 2. The second kappa shape index (κ2) is 7.45. The van der Waals surface area contributed by atoms with Gasteiger partial charge < -0.3 is 15.1 Å². The maximum atomic E-state index is 12.1. The quantitative estimate of drug-likeness (QED) is 0.861. The van der Waals surface area contributed by atoms with Crippen LogP contribution in [0.4, 0.5) is 0 Å². The summed E-state index contributed by atoms with van der Waals surface area (Å²) in [5.41, 5.74) is 1.45. The van der Waals surface area contributed by atoms with Crippen molar-refractivity contribution in [2.24, 2.45) is 0 Å². The fourth-order valence-electron chi connectivity index (χ4n) is 1.91. The van der Waals surface area contributed by atoms with E-state index in [0.717, 1.165) is 12.0 Å². The van der Waals surface area contributed by atoms with Gasteiger partial charge in [-0.2, -0.15) is 0 Å². The molecule has 1 heterocycles. The molecule has 2 aromatic rings. The molecule has 0 saturated carbocycles. The van der Waals surface area contributed by atoms with Crippen LogP contribution in [0.1, 0.15) is 46.7 Å². The molecule has 5 nitrogen and oxygen atoms in total. The van der Waals surface area contributed by atoms with Gasteiger partial charge in [0, 0.05) is 18.2 Å². The molecule has 1 atom stereocenters. The van der Waals surface area contributed by atoms with Gasteiger partial charge >= 0.3 is 0 Å². The van der Waals surface area contributed by atoms with E-state index in [1.807, 2.05) is 19.9 Å². The van der Waals surface area contributed by atoms with E-state index in [0.29, 0.717) is 12.1 Å². The van der Waals surface area contributed by atoms with Crippen molar-refractivity contribution in [3.05, 3.63) is 59.5 Å². The second-order valence-electron chi connectivity index (χ2n) is 5.14. The topological polar surface area (TPSA) is 71.3 Å². The third kappa shape index (κ3) is 4.22. The van der Waals surface area contributed by atoms with Gasteiger partial charge in [-0.15, -0.1) is 0 Å². The zero-order valence-corrected chi connectivity index (χ0v) is 12.8. The molecule has 116 valence electrons. The Bertz CT molecular complexity index is 635. The largest absolute Gasteiger partial charge is 0.459 e. The van der Waals surface area contributed by atoms with Gasteiger partial charge in [0.25, 0.3) is 11.8 Å². The number of furan rings is 1. The Balaban J connectivity index is 1.96. The van der Waals surface area contributed by atoms with Crippen LogP contribution in [0, 0.1) is 0 Å². The minimum atomic E-state index is -0.278. The van der Waals surface area contributed by atoms with Gasteiger partial charge in [0.15, 0.2) is 5.76 Å². The molecule has 2 amide bonds. The molecule has 0 aliphatic heterocycles. The van der Waals surface area contributed by atoms with Crippen molar-refractivity contribution in [3.8, 4) is 0 Å². The molecule has 2 rings (SSSR count). The molecule has 1 aromatic heterocycles. The summed E-state index contributed by atoms with van der Waals surface area (Å²) in [6.07, 6.45) is 2.33. The van der Waals surface area contributed by atoms with Gasteiger partial charge in [0.2, 0.25) is 0 Å². The zero-order chi connectivity index (χ0) is 15.9. The summed E-state index contributed by atoms with van der Waals surface area (Å²) >= 11 is 0. The molecule has 22 heavy (non-hydrogen) atoms. The molecule has 0 saturated heterocycles. The van der Waals surface area contributed by atoms with Crippen LogP contribution >= 0.6 is 0 Å². The predicted octanol–water partition coefficient (Wildman–Crippen LogP) is 2.74. The van der Waals surface area contributed by atoms with Crippen molar-refractivity contribution in [1.29, 1.82) is 0 Å². The smallest absolute Gasteiger partial charge is 0.287 e. The minimum absolute atomic E-state index is 0.103. The summed E-state index contributed by atoms with van der Waals surface area (Å²) in [5.74, 6) is -0.112. The fourth-order valence-corrected chi connectivity index (χ4v) is 1.91. The lowest BCUT2D eigenvalue weighted by molar-refractivity contribution is 0.0921. The maximum absolute atomic E-state index is 12.1. The normalized spacial score (nSPS) is 11.7. The van der Waals surface area contributed by atoms with E-state index in [-0.39, 0.29) is 23.6 Å². The van der Waals surface area contributed by atoms with E-state index in [4.69, 9.17) is 4.42 Å². The lowest BCUT2D eigenvalue weighted by Crippen LogP contribution is -2.32. The van der Waals surface area contributed by atoms with E-state index in [1.165, 1.54) is 6.26 Å². The highest BCUT2D eigenvalue weighted by molar-refractivity contribution is 5.94. The highest BCUT2D eigenvalue weighted by atomic mass is 16.3. The highest BCUT2D eigenvalue weighted by Crippen LogP contribution is 2.07. The average Bonchev–Trinajstić information content (AvgIpc) is 3.07. The Morgan fingerprint density at radius 3 is 2.68 bits per heavy atom. The number of amides is 2. The number of hydrogen-bond acceptors (Lipinski definition) is 3. The van der Waals surface area contributed by atoms with Crippen LogP contribution in [0.3, 0.4) is 0 Å². The molecule has 0 fully saturated rings. The van der Waals surface area contributed by atoms with Crippen LogP contribution in [0.5, 0.6) is 0 Å². The predicted molar refractivity (Wildman–Crippen MR) is 83.5 cm³/mol. The van der Waals surface area contributed by atoms with Gasteiger partial charge in [0.1, 0.15) is 0 Å². The monoisotopic (exact) mass is 300 g/mol. The number of benzene rings is 1. The molecule has 0 unspecified atom stereocenters. The molecule has 5 heteroatoms. The second-order valence-corrected chi connectivity index (χ2v) is 5.14. The van der Waals surface area contributed by atoms with Crippen molar-refractivity contribution >= 4 is 11.8 Å². The average molecular weight is 300 g/mol. The van der Waals surface area contributed by atoms with Crippen LogP contribution in [0.15, 0.2) is 47.1 Å². The Morgan fingerprint density at radius 2 is 2.00 bits per heavy atom. The van der Waals surface area contributed by atoms with Crippen LogP contribution < -0.4 is 10.6 Å². The lowest BCUT2D eigenvalue weighted by Gasteiger charge is -2.12. The van der Waals surface area contributed by atoms with Gasteiger partial charge in [-0.1, -0.05) is 19.1 Å². The van der Waals surface area contributed by atoms with E-state index in [1.54, 1.807) is 30.3 Å². The first-order chi connectivity index (χ1) is 10.6. The number of rotatable bonds is 6. The standard InChI is InChI=1S/C17H20N2O3/c1-3-12(2)19-16(20)14-7-4-6-13(10-14)11-18-17(21)15-8-5-9-22-15/h4-10,12H,3,11H2,1-2H3,(H,18,21)(H,19,20)/t12-/m1/s1. The van der Waals surface area contributed by atoms with Crippen molar-refractivity contribution in [1.82, 2.24) is 10.6 Å². The Morgan fingerprint density at radius 1 is 1.18 bits per heavy atom. The highest BCUT2D eigenvalue weighted by Gasteiger charge is 2.10. The van der Waals surface area contributed by atoms with Crippen LogP contribution in [0.2, 0.25) is 0 Å². The lowest BCUT2D eigenvalue weighted by atomic mass is 10.1. The van der Waals surface area contributed by atoms with Gasteiger partial charge in [-0.25, -0.2) is 0 Å². The summed E-state index contributed by atoms with van der Waals surface area (Å²) in [6, 6.07) is 10.6. The maximum Gasteiger partial charge on any atom is 0.287 e. The van der Waals surface area contributed by atoms with Crippen molar-refractivity contribution < 1.29 is 14.0 Å². The molecule has 0 bridgehead atoms. The van der Waals surface area contributed by atoms with Crippen LogP contribution in [-0.2, 0) is 6.54 Å². The van der Waals surface area contributed by atoms with Crippen molar-refractivity contribution in [2.75, 3.05) is 0 Å². The van der Waals surface area contributed by atoms with E-state index < -0.39 is 0 Å². The molecular weight excluding hydrogens is 280 g/mol. The van der Waals surface area contributed by atoms with E-state index >= 15 is 0 Å². The molecule has 0 aliphatic carbocycles. The van der Waals surface area contributed by atoms with Gasteiger partial charge in [-0.3, -0.25) is 9.59 Å². The van der Waals surface area contributed by atoms with Crippen LogP contribution in [0.25, 0.3) is 0 Å². The van der Waals surface area contributed by atoms with Crippen molar-refractivity contribution in [3.63, 3.8) is 0 Å². The molecule has 0 spiro atoms. The minimum Gasteiger partial charge on any atom is -0.459 e. The summed E-state index contributed by atoms with van der Waals surface area (Å²) in [7, 11) is 0. The first kappa shape index (κ1) is 15.8. The Hall–Kier alpha value is -2.56. The molecule has 0 radical (unpaired) electrons. The zero-order valence-electron chi connectivity index (χ0n) is 12.8. The molecule has 1 aromatic carbocycles. The molecule has 2 N–H and O–H groups in total. The third-order valence-electron chi connectivity index (χ3n) is 3.38. The molecule has 0 aliphatic rings. The summed E-state index contributed by atoms with van der Waals surface area (Å²) < 4.78 is 5.03.